The van der Waals surface area contributed by atoms with Crippen molar-refractivity contribution in [1.82, 2.24) is 15.0 Å². The van der Waals surface area contributed by atoms with E-state index in [0.29, 0.717) is 11.2 Å². The molecule has 1 N–H and O–H groups in total. The Balaban J connectivity index is 2.03. The molecule has 0 aliphatic carbocycles. The normalized spacial score (nSPS) is 12.1. The zero-order valence-electron chi connectivity index (χ0n) is 13.2. The highest BCUT2D eigenvalue weighted by Crippen LogP contribution is 2.30. The van der Waals surface area contributed by atoms with Crippen LogP contribution in [-0.4, -0.2) is 25.9 Å². The zero-order chi connectivity index (χ0) is 17.1. The van der Waals surface area contributed by atoms with Crippen LogP contribution < -0.4 is 5.32 Å². The first-order valence-electron chi connectivity index (χ1n) is 7.30. The third kappa shape index (κ3) is 3.66. The van der Waals surface area contributed by atoms with Crippen LogP contribution in [0.1, 0.15) is 23.0 Å². The van der Waals surface area contributed by atoms with Crippen LogP contribution in [0.2, 0.25) is 0 Å². The lowest BCUT2D eigenvalue weighted by molar-refractivity contribution is 0.112. The maximum Gasteiger partial charge on any atom is 0.169 e. The number of aromatic nitrogens is 3. The third-order valence-electron chi connectivity index (χ3n) is 3.32. The quantitative estimate of drug-likeness (QED) is 0.409. The van der Waals surface area contributed by atoms with E-state index in [1.54, 1.807) is 12.4 Å². The lowest BCUT2D eigenvalue weighted by Gasteiger charge is -2.12. The fourth-order valence-electron chi connectivity index (χ4n) is 2.42. The molecular weight excluding hydrogens is 344 g/mol. The summed E-state index contributed by atoms with van der Waals surface area (Å²) in [5.41, 5.74) is 3.72. The number of aryl methyl sites for hydroxylation is 1. The number of hydrogen-bond donors (Lipinski definition) is 1. The molecule has 0 radical (unpaired) electrons. The number of nitrogens with one attached hydrogen (secondary N) is 1. The molecule has 2 aromatic heterocycles. The highest BCUT2D eigenvalue weighted by molar-refractivity contribution is 8.01. The number of fused-ring (bicyclic) bond motifs is 1. The van der Waals surface area contributed by atoms with Gasteiger partial charge in [0.25, 0.3) is 0 Å². The van der Waals surface area contributed by atoms with Crippen molar-refractivity contribution in [2.45, 2.75) is 23.5 Å². The van der Waals surface area contributed by atoms with Gasteiger partial charge in [0.05, 0.1) is 27.8 Å². The Hall–Kier alpha value is -2.18. The topological polar surface area (TPSA) is 67.8 Å². The highest BCUT2D eigenvalue weighted by atomic mass is 35.5. The van der Waals surface area contributed by atoms with Gasteiger partial charge in [0.2, 0.25) is 0 Å². The van der Waals surface area contributed by atoms with E-state index in [4.69, 9.17) is 11.6 Å². The molecule has 2 heterocycles. The molecule has 0 aliphatic heterocycles. The largest absolute Gasteiger partial charge is 0.352 e. The number of alkyl halides is 1. The first-order chi connectivity index (χ1) is 11.6. The molecule has 5 nitrogen and oxygen atoms in total. The molecule has 122 valence electrons. The lowest BCUT2D eigenvalue weighted by Crippen LogP contribution is -1.98. The van der Waals surface area contributed by atoms with Gasteiger partial charge in [0, 0.05) is 16.5 Å². The fraction of sp³-hybridized carbons (Fsp3) is 0.176. The van der Waals surface area contributed by atoms with Gasteiger partial charge in [-0.25, -0.2) is 9.97 Å². The van der Waals surface area contributed by atoms with Gasteiger partial charge in [-0.1, -0.05) is 0 Å². The van der Waals surface area contributed by atoms with Crippen LogP contribution in [0, 0.1) is 6.92 Å². The molecule has 7 heteroatoms. The van der Waals surface area contributed by atoms with Crippen molar-refractivity contribution in [2.24, 2.45) is 0 Å². The zero-order valence-corrected chi connectivity index (χ0v) is 14.7. The first-order valence-corrected chi connectivity index (χ1v) is 8.62. The van der Waals surface area contributed by atoms with Gasteiger partial charge in [0.15, 0.2) is 6.29 Å². The third-order valence-corrected chi connectivity index (χ3v) is 4.40. The van der Waals surface area contributed by atoms with Gasteiger partial charge in [0.1, 0.15) is 12.0 Å². The van der Waals surface area contributed by atoms with Gasteiger partial charge in [-0.05, 0) is 37.6 Å². The van der Waals surface area contributed by atoms with Gasteiger partial charge >= 0.3 is 0 Å². The first kappa shape index (κ1) is 16.7. The summed E-state index contributed by atoms with van der Waals surface area (Å²) < 4.78 is -0.0373. The molecule has 0 amide bonds. The molecule has 0 bridgehead atoms. The lowest BCUT2D eigenvalue weighted by atomic mass is 10.1. The second kappa shape index (κ2) is 7.15. The van der Waals surface area contributed by atoms with Gasteiger partial charge in [-0.2, -0.15) is 0 Å². The second-order valence-electron chi connectivity index (χ2n) is 5.28. The second-order valence-corrected chi connectivity index (χ2v) is 7.61. The number of anilines is 2. The number of carbonyl (C=O) groups excluding carboxylic acids is 1. The predicted molar refractivity (Wildman–Crippen MR) is 98.4 cm³/mol. The molecule has 0 aliphatic rings. The number of aldehydes is 1. The van der Waals surface area contributed by atoms with Crippen LogP contribution in [0.3, 0.4) is 0 Å². The van der Waals surface area contributed by atoms with E-state index in [2.05, 4.69) is 20.3 Å². The molecule has 0 spiro atoms. The summed E-state index contributed by atoms with van der Waals surface area (Å²) in [6.07, 6.45) is 5.65. The minimum atomic E-state index is -0.0373. The van der Waals surface area contributed by atoms with E-state index in [0.717, 1.165) is 33.5 Å². The Morgan fingerprint density at radius 3 is 2.83 bits per heavy atom. The molecule has 24 heavy (non-hydrogen) atoms. The van der Waals surface area contributed by atoms with Crippen LogP contribution in [0.15, 0.2) is 41.8 Å². The summed E-state index contributed by atoms with van der Waals surface area (Å²) in [7, 11) is 0. The fourth-order valence-corrected chi connectivity index (χ4v) is 3.42. The van der Waals surface area contributed by atoms with Gasteiger partial charge < -0.3 is 5.32 Å². The predicted octanol–water partition coefficient (Wildman–Crippen LogP) is 4.57. The van der Waals surface area contributed by atoms with Crippen molar-refractivity contribution in [3.8, 4) is 0 Å². The Labute approximate surface area is 148 Å². The molecular formula is C17H15ClN4OS. The van der Waals surface area contributed by atoms with E-state index < -0.39 is 0 Å². The Bertz CT molecular complexity index is 901. The molecule has 1 unspecified atom stereocenters. The van der Waals surface area contributed by atoms with E-state index in [-0.39, 0.29) is 4.71 Å². The van der Waals surface area contributed by atoms with E-state index in [1.165, 1.54) is 18.1 Å². The SMILES string of the molecule is Cc1cc(Nc2cncc(SC(C)Cl)c2)c2ncnc(C=O)c2c1. The Kier molecular flexibility index (Phi) is 4.97. The highest BCUT2D eigenvalue weighted by Gasteiger charge is 2.10. The van der Waals surface area contributed by atoms with Crippen molar-refractivity contribution < 1.29 is 4.79 Å². The van der Waals surface area contributed by atoms with Crippen LogP contribution in [0.5, 0.6) is 0 Å². The molecule has 3 aromatic rings. The van der Waals surface area contributed by atoms with Crippen LogP contribution in [0.4, 0.5) is 11.4 Å². The molecule has 3 rings (SSSR count). The minimum Gasteiger partial charge on any atom is -0.352 e. The van der Waals surface area contributed by atoms with Crippen LogP contribution in [0.25, 0.3) is 10.9 Å². The molecule has 0 saturated heterocycles. The summed E-state index contributed by atoms with van der Waals surface area (Å²) in [5, 5.41) is 4.05. The number of carbonyl (C=O) groups is 1. The van der Waals surface area contributed by atoms with Crippen molar-refractivity contribution in [2.75, 3.05) is 5.32 Å². The number of hydrogen-bond acceptors (Lipinski definition) is 6. The van der Waals surface area contributed by atoms with E-state index >= 15 is 0 Å². The van der Waals surface area contributed by atoms with Gasteiger partial charge in [-0.3, -0.25) is 9.78 Å². The summed E-state index contributed by atoms with van der Waals surface area (Å²) in [5.74, 6) is 0. The Morgan fingerprint density at radius 2 is 2.08 bits per heavy atom. The van der Waals surface area contributed by atoms with E-state index in [1.807, 2.05) is 32.0 Å². The molecule has 0 fully saturated rings. The van der Waals surface area contributed by atoms with Crippen molar-refractivity contribution in [3.63, 3.8) is 0 Å². The number of rotatable bonds is 5. The monoisotopic (exact) mass is 358 g/mol. The smallest absolute Gasteiger partial charge is 0.169 e. The van der Waals surface area contributed by atoms with Crippen LogP contribution >= 0.6 is 23.4 Å². The van der Waals surface area contributed by atoms with Crippen molar-refractivity contribution >= 4 is 51.9 Å². The summed E-state index contributed by atoms with van der Waals surface area (Å²) in [6, 6.07) is 5.87. The summed E-state index contributed by atoms with van der Waals surface area (Å²) in [4.78, 5) is 24.8. The number of pyridine rings is 1. The summed E-state index contributed by atoms with van der Waals surface area (Å²) in [6.45, 7) is 3.88. The number of nitrogens with zero attached hydrogens (tertiary/aromatic N) is 3. The minimum absolute atomic E-state index is 0.0373. The standard InChI is InChI=1S/C17H15ClN4OS/c1-10-3-14-16(8-23)20-9-21-17(14)15(4-10)22-12-5-13(7-19-6-12)24-11(2)18/h3-9,11,22H,1-2H3. The maximum atomic E-state index is 11.2. The number of halogens is 1. The average Bonchev–Trinajstić information content (AvgIpc) is 2.54. The average molecular weight is 359 g/mol. The Morgan fingerprint density at radius 1 is 1.25 bits per heavy atom. The number of thioether (sulfide) groups is 1. The number of benzene rings is 1. The summed E-state index contributed by atoms with van der Waals surface area (Å²) >= 11 is 7.55. The molecule has 1 atom stereocenters. The van der Waals surface area contributed by atoms with E-state index in [9.17, 15) is 4.79 Å². The maximum absolute atomic E-state index is 11.2. The van der Waals surface area contributed by atoms with Crippen molar-refractivity contribution in [1.29, 1.82) is 0 Å². The van der Waals surface area contributed by atoms with Crippen molar-refractivity contribution in [3.05, 3.63) is 48.2 Å². The van der Waals surface area contributed by atoms with Crippen LogP contribution in [-0.2, 0) is 0 Å². The molecule has 1 aromatic carbocycles. The van der Waals surface area contributed by atoms with Gasteiger partial charge in [-0.15, -0.1) is 23.4 Å². The molecule has 0 saturated carbocycles.